The van der Waals surface area contributed by atoms with E-state index in [9.17, 15) is 18.4 Å². The van der Waals surface area contributed by atoms with Gasteiger partial charge < -0.3 is 10.5 Å². The molecule has 1 aliphatic carbocycles. The average molecular weight is 374 g/mol. The Morgan fingerprint density at radius 3 is 2.70 bits per heavy atom. The van der Waals surface area contributed by atoms with E-state index in [0.29, 0.717) is 16.8 Å². The number of alkyl halides is 3. The molecule has 0 unspecified atom stereocenters. The van der Waals surface area contributed by atoms with Gasteiger partial charge in [-0.3, -0.25) is 5.10 Å². The van der Waals surface area contributed by atoms with Gasteiger partial charge in [0, 0.05) is 5.69 Å². The van der Waals surface area contributed by atoms with Crippen LogP contribution < -0.4 is 10.5 Å². The van der Waals surface area contributed by atoms with Crippen LogP contribution in [0.15, 0.2) is 35.7 Å². The number of ether oxygens (including phenoxy) is 1. The van der Waals surface area contributed by atoms with Crippen molar-refractivity contribution in [3.05, 3.63) is 58.1 Å². The molecule has 1 aromatic carbocycles. The van der Waals surface area contributed by atoms with Crippen molar-refractivity contribution in [2.45, 2.75) is 37.8 Å². The van der Waals surface area contributed by atoms with Crippen LogP contribution >= 0.6 is 0 Å². The molecule has 27 heavy (non-hydrogen) atoms. The summed E-state index contributed by atoms with van der Waals surface area (Å²) < 4.78 is 45.7. The molecule has 0 spiro atoms. The standard InChI is InChI=1S/C19H17F3N4O/c1-10-15-17(26-25-10)27-16(24)14(9-23)18(15,11-4-2-5-11)12-6-3-7-13(8-12)19(20,21)22/h3,6-8,11H,2,4-5,24H2,1H3,(H,25,26)/t18-/m0/s1. The topological polar surface area (TPSA) is 87.7 Å². The molecule has 5 nitrogen and oxygen atoms in total. The molecular formula is C19H17F3N4O. The highest BCUT2D eigenvalue weighted by atomic mass is 19.4. The van der Waals surface area contributed by atoms with Crippen molar-refractivity contribution >= 4 is 0 Å². The minimum atomic E-state index is -4.49. The number of H-pyrrole nitrogens is 1. The first-order valence-electron chi connectivity index (χ1n) is 8.61. The van der Waals surface area contributed by atoms with E-state index in [-0.39, 0.29) is 23.3 Å². The van der Waals surface area contributed by atoms with Gasteiger partial charge in [0.15, 0.2) is 0 Å². The second-order valence-electron chi connectivity index (χ2n) is 7.00. The summed E-state index contributed by atoms with van der Waals surface area (Å²) in [4.78, 5) is 0. The van der Waals surface area contributed by atoms with Gasteiger partial charge in [-0.1, -0.05) is 24.6 Å². The lowest BCUT2D eigenvalue weighted by molar-refractivity contribution is -0.137. The van der Waals surface area contributed by atoms with Crippen molar-refractivity contribution in [3.63, 3.8) is 0 Å². The SMILES string of the molecule is Cc1[nH]nc2c1[C@](c1cccc(C(F)(F)F)c1)(C1CCC1)C(C#N)=C(N)O2. The van der Waals surface area contributed by atoms with E-state index in [4.69, 9.17) is 10.5 Å². The Morgan fingerprint density at radius 1 is 1.37 bits per heavy atom. The van der Waals surface area contributed by atoms with Gasteiger partial charge in [0.25, 0.3) is 0 Å². The van der Waals surface area contributed by atoms with Crippen molar-refractivity contribution in [2.24, 2.45) is 11.7 Å². The van der Waals surface area contributed by atoms with Crippen LogP contribution in [0.2, 0.25) is 0 Å². The van der Waals surface area contributed by atoms with Crippen LogP contribution in [0.3, 0.4) is 0 Å². The number of nitrogens with two attached hydrogens (primary N) is 1. The Labute approximate surface area is 153 Å². The van der Waals surface area contributed by atoms with Gasteiger partial charge in [-0.05, 0) is 37.3 Å². The number of benzene rings is 1. The van der Waals surface area contributed by atoms with Crippen molar-refractivity contribution in [1.82, 2.24) is 10.2 Å². The van der Waals surface area contributed by atoms with E-state index in [2.05, 4.69) is 16.3 Å². The van der Waals surface area contributed by atoms with Crippen LogP contribution in [0.1, 0.15) is 41.6 Å². The molecule has 0 saturated heterocycles. The molecule has 3 N–H and O–H groups in total. The first kappa shape index (κ1) is 17.5. The molecule has 1 aliphatic heterocycles. The zero-order valence-electron chi connectivity index (χ0n) is 14.5. The maximum Gasteiger partial charge on any atom is 0.416 e. The van der Waals surface area contributed by atoms with Crippen molar-refractivity contribution < 1.29 is 17.9 Å². The number of aromatic amines is 1. The number of hydrogen-bond donors (Lipinski definition) is 2. The van der Waals surface area contributed by atoms with Crippen LogP contribution in [0.5, 0.6) is 5.88 Å². The van der Waals surface area contributed by atoms with Crippen LogP contribution in [0, 0.1) is 24.2 Å². The molecular weight excluding hydrogens is 357 g/mol. The molecule has 1 atom stereocenters. The zero-order chi connectivity index (χ0) is 19.4. The van der Waals surface area contributed by atoms with E-state index in [1.807, 2.05) is 0 Å². The summed E-state index contributed by atoms with van der Waals surface area (Å²) in [5, 5.41) is 16.8. The molecule has 1 aromatic heterocycles. The van der Waals surface area contributed by atoms with Crippen LogP contribution in [-0.4, -0.2) is 10.2 Å². The Balaban J connectivity index is 2.08. The second-order valence-corrected chi connectivity index (χ2v) is 7.00. The van der Waals surface area contributed by atoms with Gasteiger partial charge in [-0.15, -0.1) is 5.10 Å². The third kappa shape index (κ3) is 2.34. The summed E-state index contributed by atoms with van der Waals surface area (Å²) in [6.45, 7) is 1.77. The number of aryl methyl sites for hydroxylation is 1. The molecule has 0 amide bonds. The number of nitrogens with zero attached hydrogens (tertiary/aromatic N) is 2. The van der Waals surface area contributed by atoms with E-state index < -0.39 is 17.2 Å². The third-order valence-electron chi connectivity index (χ3n) is 5.63. The maximum absolute atomic E-state index is 13.4. The predicted molar refractivity (Wildman–Crippen MR) is 90.3 cm³/mol. The first-order valence-corrected chi connectivity index (χ1v) is 8.61. The Morgan fingerprint density at radius 2 is 2.11 bits per heavy atom. The third-order valence-corrected chi connectivity index (χ3v) is 5.63. The molecule has 4 rings (SSSR count). The smallest absolute Gasteiger partial charge is 0.416 e. The lowest BCUT2D eigenvalue weighted by atomic mass is 9.55. The van der Waals surface area contributed by atoms with E-state index in [1.165, 1.54) is 6.07 Å². The van der Waals surface area contributed by atoms with E-state index in [0.717, 1.165) is 31.4 Å². The van der Waals surface area contributed by atoms with Gasteiger partial charge in [0.1, 0.15) is 11.6 Å². The van der Waals surface area contributed by atoms with Crippen molar-refractivity contribution in [3.8, 4) is 11.9 Å². The number of fused-ring (bicyclic) bond motifs is 1. The van der Waals surface area contributed by atoms with Gasteiger partial charge >= 0.3 is 6.18 Å². The summed E-state index contributed by atoms with van der Waals surface area (Å²) >= 11 is 0. The highest BCUT2D eigenvalue weighted by Gasteiger charge is 2.55. The number of rotatable bonds is 2. The highest BCUT2D eigenvalue weighted by Crippen LogP contribution is 2.57. The summed E-state index contributed by atoms with van der Waals surface area (Å²) in [6, 6.07) is 7.25. The largest absolute Gasteiger partial charge is 0.420 e. The van der Waals surface area contributed by atoms with Crippen LogP contribution in [0.25, 0.3) is 0 Å². The summed E-state index contributed by atoms with van der Waals surface area (Å²) in [5.74, 6) is 0.0438. The van der Waals surface area contributed by atoms with E-state index >= 15 is 0 Å². The number of nitrogens with one attached hydrogen (secondary N) is 1. The van der Waals surface area contributed by atoms with Crippen LogP contribution in [0.4, 0.5) is 13.2 Å². The molecule has 8 heteroatoms. The number of allylic oxidation sites excluding steroid dienone is 1. The van der Waals surface area contributed by atoms with Gasteiger partial charge in [-0.25, -0.2) is 0 Å². The summed E-state index contributed by atoms with van der Waals surface area (Å²) in [5.41, 5.74) is 5.93. The van der Waals surface area contributed by atoms with Crippen LogP contribution in [-0.2, 0) is 11.6 Å². The minimum absolute atomic E-state index is 0.0619. The monoisotopic (exact) mass is 374 g/mol. The average Bonchev–Trinajstić information content (AvgIpc) is 2.93. The normalized spacial score (nSPS) is 22.6. The molecule has 0 bridgehead atoms. The quantitative estimate of drug-likeness (QED) is 0.834. The Bertz CT molecular complexity index is 982. The Kier molecular flexibility index (Phi) is 3.74. The molecule has 140 valence electrons. The minimum Gasteiger partial charge on any atom is -0.420 e. The lowest BCUT2D eigenvalue weighted by Crippen LogP contribution is -2.46. The highest BCUT2D eigenvalue weighted by molar-refractivity contribution is 5.62. The van der Waals surface area contributed by atoms with Gasteiger partial charge in [0.05, 0.1) is 16.5 Å². The number of nitriles is 1. The summed E-state index contributed by atoms with van der Waals surface area (Å²) in [6.07, 6.45) is -1.99. The van der Waals surface area contributed by atoms with Gasteiger partial charge in [-0.2, -0.15) is 18.4 Å². The lowest BCUT2D eigenvalue weighted by Gasteiger charge is -2.47. The van der Waals surface area contributed by atoms with Crippen molar-refractivity contribution in [1.29, 1.82) is 5.26 Å². The molecule has 2 aliphatic rings. The summed E-state index contributed by atoms with van der Waals surface area (Å²) in [7, 11) is 0. The number of aromatic nitrogens is 2. The zero-order valence-corrected chi connectivity index (χ0v) is 14.5. The molecule has 2 aromatic rings. The second kappa shape index (κ2) is 5.78. The maximum atomic E-state index is 13.4. The van der Waals surface area contributed by atoms with Crippen molar-refractivity contribution in [2.75, 3.05) is 0 Å². The fraction of sp³-hybridized carbons (Fsp3) is 0.368. The molecule has 1 saturated carbocycles. The Hall–Kier alpha value is -2.95. The number of hydrogen-bond acceptors (Lipinski definition) is 4. The molecule has 0 radical (unpaired) electrons. The first-order chi connectivity index (χ1) is 12.8. The van der Waals surface area contributed by atoms with Gasteiger partial charge in [0.2, 0.25) is 11.8 Å². The molecule has 1 fully saturated rings. The number of halogens is 3. The fourth-order valence-corrected chi connectivity index (χ4v) is 4.28. The fourth-order valence-electron chi connectivity index (χ4n) is 4.28. The molecule has 2 heterocycles. The predicted octanol–water partition coefficient (Wildman–Crippen LogP) is 3.91. The van der Waals surface area contributed by atoms with E-state index in [1.54, 1.807) is 13.0 Å².